The lowest BCUT2D eigenvalue weighted by Crippen LogP contribution is -2.20. The summed E-state index contributed by atoms with van der Waals surface area (Å²) in [6.45, 7) is 0.533. The average Bonchev–Trinajstić information content (AvgIpc) is 3.17. The van der Waals surface area contributed by atoms with Crippen LogP contribution in [0.2, 0.25) is 0 Å². The summed E-state index contributed by atoms with van der Waals surface area (Å²) in [4.78, 5) is 15.7. The zero-order valence-corrected chi connectivity index (χ0v) is 10.9. The van der Waals surface area contributed by atoms with E-state index in [1.165, 1.54) is 12.8 Å². The number of fused-ring (bicyclic) bond motifs is 1. The number of hydrogen-bond donors (Lipinski definition) is 1. The van der Waals surface area contributed by atoms with Crippen molar-refractivity contribution >= 4 is 17.0 Å². The zero-order chi connectivity index (χ0) is 13.2. The fourth-order valence-electron chi connectivity index (χ4n) is 2.17. The third-order valence-electron chi connectivity index (χ3n) is 3.30. The van der Waals surface area contributed by atoms with Gasteiger partial charge in [0.2, 0.25) is 0 Å². The molecule has 1 aliphatic rings. The molecule has 0 unspecified atom stereocenters. The van der Waals surface area contributed by atoms with Gasteiger partial charge in [-0.1, -0.05) is 6.07 Å². The van der Waals surface area contributed by atoms with Crippen LogP contribution in [0.5, 0.6) is 0 Å². The van der Waals surface area contributed by atoms with Gasteiger partial charge >= 0.3 is 5.97 Å². The van der Waals surface area contributed by atoms with Gasteiger partial charge < -0.3 is 14.6 Å². The number of nitrogens with zero attached hydrogens (tertiary/aromatic N) is 2. The summed E-state index contributed by atoms with van der Waals surface area (Å²) in [5, 5.41) is 2.77. The van der Waals surface area contributed by atoms with Gasteiger partial charge in [0.25, 0.3) is 0 Å². The van der Waals surface area contributed by atoms with Gasteiger partial charge in [0.15, 0.2) is 0 Å². The Hall–Kier alpha value is -1.88. The minimum Gasteiger partial charge on any atom is -0.460 e. The molecule has 1 N–H and O–H groups in total. The van der Waals surface area contributed by atoms with Gasteiger partial charge in [0.05, 0.1) is 23.9 Å². The number of rotatable bonds is 5. The maximum absolute atomic E-state index is 11.3. The fraction of sp³-hybridized carbons (Fsp3) is 0.429. The molecule has 0 radical (unpaired) electrons. The molecule has 1 heterocycles. The molecular formula is C14H17N3O2. The van der Waals surface area contributed by atoms with Crippen molar-refractivity contribution in [1.82, 2.24) is 14.9 Å². The number of ether oxygens (including phenoxy) is 1. The highest BCUT2D eigenvalue weighted by molar-refractivity contribution is 5.76. The third-order valence-corrected chi connectivity index (χ3v) is 3.30. The third kappa shape index (κ3) is 2.61. The molecule has 5 nitrogen and oxygen atoms in total. The van der Waals surface area contributed by atoms with E-state index < -0.39 is 0 Å². The molecule has 0 aliphatic heterocycles. The fourth-order valence-corrected chi connectivity index (χ4v) is 2.17. The summed E-state index contributed by atoms with van der Waals surface area (Å²) >= 11 is 0. The number of carbonyl (C=O) groups excluding carboxylic acids is 1. The number of likely N-dealkylation sites (N-methyl/N-ethyl adjacent to an activating group) is 1. The maximum Gasteiger partial charge on any atom is 0.320 e. The summed E-state index contributed by atoms with van der Waals surface area (Å²) in [6, 6.07) is 6.67. The molecule has 1 aliphatic carbocycles. The summed E-state index contributed by atoms with van der Waals surface area (Å²) in [5.74, 6) is -0.244. The first kappa shape index (κ1) is 12.2. The summed E-state index contributed by atoms with van der Waals surface area (Å²) in [5.41, 5.74) is 3.10. The van der Waals surface area contributed by atoms with Crippen LogP contribution in [0.25, 0.3) is 11.0 Å². The first-order valence-corrected chi connectivity index (χ1v) is 6.53. The molecule has 1 aromatic carbocycles. The van der Waals surface area contributed by atoms with Crippen molar-refractivity contribution in [3.8, 4) is 0 Å². The first-order chi connectivity index (χ1) is 9.28. The van der Waals surface area contributed by atoms with E-state index in [0.717, 1.165) is 16.6 Å². The van der Waals surface area contributed by atoms with E-state index in [1.807, 2.05) is 18.5 Å². The average molecular weight is 259 g/mol. The van der Waals surface area contributed by atoms with Gasteiger partial charge in [-0.2, -0.15) is 0 Å². The predicted octanol–water partition coefficient (Wildman–Crippen LogP) is 1.63. The SMILES string of the molecule is CNCC(=O)OCc1ccc2c(c1)ncn2C1CC1. The van der Waals surface area contributed by atoms with Gasteiger partial charge in [0.1, 0.15) is 6.61 Å². The summed E-state index contributed by atoms with van der Waals surface area (Å²) in [6.07, 6.45) is 4.39. The van der Waals surface area contributed by atoms with Crippen LogP contribution in [0.3, 0.4) is 0 Å². The molecule has 2 aromatic rings. The lowest BCUT2D eigenvalue weighted by molar-refractivity contribution is -0.143. The Kier molecular flexibility index (Phi) is 3.21. The van der Waals surface area contributed by atoms with Crippen molar-refractivity contribution < 1.29 is 9.53 Å². The van der Waals surface area contributed by atoms with E-state index in [4.69, 9.17) is 4.74 Å². The highest BCUT2D eigenvalue weighted by Crippen LogP contribution is 2.37. The molecule has 0 spiro atoms. The molecule has 0 saturated heterocycles. The second-order valence-electron chi connectivity index (χ2n) is 4.90. The van der Waals surface area contributed by atoms with E-state index in [-0.39, 0.29) is 12.5 Å². The number of hydrogen-bond acceptors (Lipinski definition) is 4. The van der Waals surface area contributed by atoms with Gasteiger partial charge in [-0.3, -0.25) is 4.79 Å². The van der Waals surface area contributed by atoms with Gasteiger partial charge in [-0.15, -0.1) is 0 Å². The van der Waals surface area contributed by atoms with E-state index in [1.54, 1.807) is 7.05 Å². The van der Waals surface area contributed by atoms with Gasteiger partial charge in [-0.05, 0) is 37.6 Å². The van der Waals surface area contributed by atoms with Crippen LogP contribution in [0.4, 0.5) is 0 Å². The van der Waals surface area contributed by atoms with Crippen LogP contribution < -0.4 is 5.32 Å². The molecular weight excluding hydrogens is 242 g/mol. The smallest absolute Gasteiger partial charge is 0.320 e. The van der Waals surface area contributed by atoms with Crippen molar-refractivity contribution in [3.63, 3.8) is 0 Å². The van der Waals surface area contributed by atoms with Crippen LogP contribution >= 0.6 is 0 Å². The Bertz CT molecular complexity index is 602. The standard InChI is InChI=1S/C14H17N3O2/c1-15-7-14(18)19-8-10-2-5-13-12(6-10)16-9-17(13)11-3-4-11/h2,5-6,9,11,15H,3-4,7-8H2,1H3. The number of imidazole rings is 1. The largest absolute Gasteiger partial charge is 0.460 e. The van der Waals surface area contributed by atoms with Crippen LogP contribution in [-0.2, 0) is 16.1 Å². The van der Waals surface area contributed by atoms with Crippen LogP contribution in [-0.4, -0.2) is 29.1 Å². The van der Waals surface area contributed by atoms with E-state index >= 15 is 0 Å². The first-order valence-electron chi connectivity index (χ1n) is 6.53. The lowest BCUT2D eigenvalue weighted by Gasteiger charge is -2.05. The number of carbonyl (C=O) groups is 1. The Morgan fingerprint density at radius 2 is 2.37 bits per heavy atom. The number of aromatic nitrogens is 2. The summed E-state index contributed by atoms with van der Waals surface area (Å²) < 4.78 is 7.38. The number of benzene rings is 1. The summed E-state index contributed by atoms with van der Waals surface area (Å²) in [7, 11) is 1.72. The van der Waals surface area contributed by atoms with Crippen molar-refractivity contribution in [2.45, 2.75) is 25.5 Å². The van der Waals surface area contributed by atoms with E-state index in [9.17, 15) is 4.79 Å². The molecule has 0 atom stereocenters. The Labute approximate surface area is 111 Å². The minimum absolute atomic E-state index is 0.235. The van der Waals surface area contributed by atoms with Crippen molar-refractivity contribution in [2.75, 3.05) is 13.6 Å². The second-order valence-corrected chi connectivity index (χ2v) is 4.90. The Morgan fingerprint density at radius 1 is 1.53 bits per heavy atom. The van der Waals surface area contributed by atoms with Crippen LogP contribution in [0.1, 0.15) is 24.4 Å². The van der Waals surface area contributed by atoms with Crippen molar-refractivity contribution in [3.05, 3.63) is 30.1 Å². The van der Waals surface area contributed by atoms with Crippen LogP contribution in [0, 0.1) is 0 Å². The minimum atomic E-state index is -0.244. The monoisotopic (exact) mass is 259 g/mol. The normalized spacial score (nSPS) is 14.8. The zero-order valence-electron chi connectivity index (χ0n) is 10.9. The maximum atomic E-state index is 11.3. The molecule has 0 amide bonds. The number of nitrogens with one attached hydrogen (secondary N) is 1. The molecule has 1 saturated carbocycles. The van der Waals surface area contributed by atoms with Gasteiger partial charge in [-0.25, -0.2) is 4.98 Å². The second kappa shape index (κ2) is 5.01. The molecule has 100 valence electrons. The molecule has 3 rings (SSSR count). The Balaban J connectivity index is 1.73. The lowest BCUT2D eigenvalue weighted by atomic mass is 10.2. The van der Waals surface area contributed by atoms with Crippen molar-refractivity contribution in [1.29, 1.82) is 0 Å². The van der Waals surface area contributed by atoms with E-state index in [2.05, 4.69) is 20.9 Å². The molecule has 0 bridgehead atoms. The Morgan fingerprint density at radius 3 is 3.11 bits per heavy atom. The van der Waals surface area contributed by atoms with E-state index in [0.29, 0.717) is 12.6 Å². The predicted molar refractivity (Wildman–Crippen MR) is 71.7 cm³/mol. The quantitative estimate of drug-likeness (QED) is 0.829. The van der Waals surface area contributed by atoms with Crippen LogP contribution in [0.15, 0.2) is 24.5 Å². The highest BCUT2D eigenvalue weighted by atomic mass is 16.5. The molecule has 5 heteroatoms. The molecule has 1 aromatic heterocycles. The number of esters is 1. The molecule has 19 heavy (non-hydrogen) atoms. The molecule has 1 fully saturated rings. The van der Waals surface area contributed by atoms with Crippen molar-refractivity contribution in [2.24, 2.45) is 0 Å². The topological polar surface area (TPSA) is 56.1 Å². The van der Waals surface area contributed by atoms with Gasteiger partial charge in [0, 0.05) is 6.04 Å². The highest BCUT2D eigenvalue weighted by Gasteiger charge is 2.24.